The minimum atomic E-state index is -0.429. The van der Waals surface area contributed by atoms with E-state index in [9.17, 15) is 4.79 Å². The lowest BCUT2D eigenvalue weighted by Gasteiger charge is -2.56. The third kappa shape index (κ3) is 3.15. The van der Waals surface area contributed by atoms with Crippen LogP contribution < -0.4 is 0 Å². The molecule has 0 aromatic heterocycles. The SMILES string of the molecule is COC1CC(C)CCC1C(C)(C)OC(=O)C12CC3CC(CC(C3)C1)C2. The van der Waals surface area contributed by atoms with Gasteiger partial charge in [-0.25, -0.2) is 0 Å². The van der Waals surface area contributed by atoms with Gasteiger partial charge in [-0.15, -0.1) is 0 Å². The summed E-state index contributed by atoms with van der Waals surface area (Å²) in [7, 11) is 1.81. The molecule has 5 rings (SSSR count). The van der Waals surface area contributed by atoms with Crippen LogP contribution in [-0.2, 0) is 14.3 Å². The molecule has 0 aromatic carbocycles. The zero-order chi connectivity index (χ0) is 17.8. The smallest absolute Gasteiger partial charge is 0.312 e. The Labute approximate surface area is 153 Å². The minimum Gasteiger partial charge on any atom is -0.459 e. The van der Waals surface area contributed by atoms with E-state index in [1.807, 2.05) is 7.11 Å². The van der Waals surface area contributed by atoms with Crippen LogP contribution in [0.2, 0.25) is 0 Å². The van der Waals surface area contributed by atoms with E-state index in [1.165, 1.54) is 25.7 Å². The molecule has 25 heavy (non-hydrogen) atoms. The first-order chi connectivity index (χ1) is 11.8. The number of esters is 1. The van der Waals surface area contributed by atoms with Crippen LogP contribution in [0.5, 0.6) is 0 Å². The average molecular weight is 349 g/mol. The Morgan fingerprint density at radius 2 is 1.52 bits per heavy atom. The predicted molar refractivity (Wildman–Crippen MR) is 98.1 cm³/mol. The predicted octanol–water partition coefficient (Wildman–Crippen LogP) is 4.98. The highest BCUT2D eigenvalue weighted by atomic mass is 16.6. The normalized spacial score (nSPS) is 46.2. The lowest BCUT2D eigenvalue weighted by Crippen LogP contribution is -2.54. The summed E-state index contributed by atoms with van der Waals surface area (Å²) in [5.41, 5.74) is -0.586. The monoisotopic (exact) mass is 348 g/mol. The first kappa shape index (κ1) is 17.8. The Balaban J connectivity index is 1.48. The van der Waals surface area contributed by atoms with Gasteiger partial charge in [-0.1, -0.05) is 13.3 Å². The van der Waals surface area contributed by atoms with Crippen molar-refractivity contribution in [2.45, 2.75) is 90.3 Å². The summed E-state index contributed by atoms with van der Waals surface area (Å²) in [6, 6.07) is 0. The molecule has 3 unspecified atom stereocenters. The van der Waals surface area contributed by atoms with E-state index < -0.39 is 5.60 Å². The highest BCUT2D eigenvalue weighted by Crippen LogP contribution is 2.60. The lowest BCUT2D eigenvalue weighted by atomic mass is 9.49. The number of ether oxygens (including phenoxy) is 2. The Morgan fingerprint density at radius 1 is 0.960 bits per heavy atom. The molecule has 3 heteroatoms. The second kappa shape index (κ2) is 6.25. The summed E-state index contributed by atoms with van der Waals surface area (Å²) in [6.45, 7) is 6.55. The Hall–Kier alpha value is -0.570. The molecule has 5 fully saturated rings. The lowest BCUT2D eigenvalue weighted by molar-refractivity contribution is -0.196. The maximum Gasteiger partial charge on any atom is 0.312 e. The molecule has 0 spiro atoms. The van der Waals surface area contributed by atoms with Crippen LogP contribution in [0.1, 0.15) is 78.6 Å². The summed E-state index contributed by atoms with van der Waals surface area (Å²) in [6.07, 6.45) is 11.0. The van der Waals surface area contributed by atoms with Crippen molar-refractivity contribution in [3.05, 3.63) is 0 Å². The Morgan fingerprint density at radius 3 is 2.04 bits per heavy atom. The van der Waals surface area contributed by atoms with Gasteiger partial charge in [0.15, 0.2) is 0 Å². The van der Waals surface area contributed by atoms with Gasteiger partial charge in [-0.05, 0) is 88.9 Å². The number of carbonyl (C=O) groups excluding carboxylic acids is 1. The second-order valence-electron chi connectivity index (χ2n) is 10.5. The molecule has 0 radical (unpaired) electrons. The Kier molecular flexibility index (Phi) is 4.46. The van der Waals surface area contributed by atoms with Crippen LogP contribution in [0.15, 0.2) is 0 Å². The van der Waals surface area contributed by atoms with E-state index in [0.717, 1.165) is 49.9 Å². The van der Waals surface area contributed by atoms with Crippen molar-refractivity contribution < 1.29 is 14.3 Å². The van der Waals surface area contributed by atoms with Gasteiger partial charge in [0, 0.05) is 13.0 Å². The van der Waals surface area contributed by atoms with Crippen molar-refractivity contribution in [1.82, 2.24) is 0 Å². The van der Waals surface area contributed by atoms with E-state index in [2.05, 4.69) is 20.8 Å². The van der Waals surface area contributed by atoms with Gasteiger partial charge in [0.1, 0.15) is 5.60 Å². The summed E-state index contributed by atoms with van der Waals surface area (Å²) in [5, 5.41) is 0. The van der Waals surface area contributed by atoms with Crippen LogP contribution in [0.25, 0.3) is 0 Å². The van der Waals surface area contributed by atoms with Crippen LogP contribution in [0.3, 0.4) is 0 Å². The summed E-state index contributed by atoms with van der Waals surface area (Å²) < 4.78 is 12.1. The quantitative estimate of drug-likeness (QED) is 0.673. The number of hydrogen-bond donors (Lipinski definition) is 0. The maximum atomic E-state index is 13.4. The zero-order valence-electron chi connectivity index (χ0n) is 16.6. The van der Waals surface area contributed by atoms with Gasteiger partial charge < -0.3 is 9.47 Å². The molecule has 0 heterocycles. The highest BCUT2D eigenvalue weighted by molar-refractivity contribution is 5.78. The summed E-state index contributed by atoms with van der Waals surface area (Å²) in [4.78, 5) is 13.4. The van der Waals surface area contributed by atoms with Crippen molar-refractivity contribution in [3.63, 3.8) is 0 Å². The van der Waals surface area contributed by atoms with E-state index >= 15 is 0 Å². The third-order valence-corrected chi connectivity index (χ3v) is 8.08. The number of methoxy groups -OCH3 is 1. The molecule has 3 nitrogen and oxygen atoms in total. The van der Waals surface area contributed by atoms with Crippen molar-refractivity contribution in [1.29, 1.82) is 0 Å². The van der Waals surface area contributed by atoms with E-state index in [-0.39, 0.29) is 17.5 Å². The first-order valence-electron chi connectivity index (χ1n) is 10.6. The molecular weight excluding hydrogens is 312 g/mol. The Bertz CT molecular complexity index is 488. The number of rotatable bonds is 4. The van der Waals surface area contributed by atoms with Crippen molar-refractivity contribution in [2.75, 3.05) is 7.11 Å². The fourth-order valence-corrected chi connectivity index (χ4v) is 7.17. The molecule has 0 saturated heterocycles. The fourth-order valence-electron chi connectivity index (χ4n) is 7.17. The minimum absolute atomic E-state index is 0.116. The average Bonchev–Trinajstić information content (AvgIpc) is 2.52. The molecule has 0 amide bonds. The molecule has 5 aliphatic carbocycles. The van der Waals surface area contributed by atoms with Crippen molar-refractivity contribution >= 4 is 5.97 Å². The third-order valence-electron chi connectivity index (χ3n) is 8.08. The van der Waals surface area contributed by atoms with Gasteiger partial charge in [0.2, 0.25) is 0 Å². The van der Waals surface area contributed by atoms with Gasteiger partial charge in [0.25, 0.3) is 0 Å². The molecule has 0 N–H and O–H groups in total. The first-order valence-corrected chi connectivity index (χ1v) is 10.6. The van der Waals surface area contributed by atoms with E-state index in [4.69, 9.17) is 9.47 Å². The van der Waals surface area contributed by atoms with Gasteiger partial charge in [-0.2, -0.15) is 0 Å². The molecular formula is C22H36O3. The highest BCUT2D eigenvalue weighted by Gasteiger charge is 2.56. The zero-order valence-corrected chi connectivity index (χ0v) is 16.6. The maximum absolute atomic E-state index is 13.4. The number of carbonyl (C=O) groups is 1. The van der Waals surface area contributed by atoms with Gasteiger partial charge >= 0.3 is 5.97 Å². The molecule has 3 atom stereocenters. The summed E-state index contributed by atoms with van der Waals surface area (Å²) >= 11 is 0. The molecule has 0 aromatic rings. The molecule has 5 saturated carbocycles. The fraction of sp³-hybridized carbons (Fsp3) is 0.955. The second-order valence-corrected chi connectivity index (χ2v) is 10.5. The molecule has 142 valence electrons. The van der Waals surface area contributed by atoms with Gasteiger partial charge in [0.05, 0.1) is 11.5 Å². The van der Waals surface area contributed by atoms with Crippen LogP contribution in [0.4, 0.5) is 0 Å². The topological polar surface area (TPSA) is 35.5 Å². The number of hydrogen-bond acceptors (Lipinski definition) is 3. The van der Waals surface area contributed by atoms with Crippen LogP contribution >= 0.6 is 0 Å². The van der Waals surface area contributed by atoms with E-state index in [0.29, 0.717) is 11.8 Å². The van der Waals surface area contributed by atoms with Crippen molar-refractivity contribution in [3.8, 4) is 0 Å². The van der Waals surface area contributed by atoms with Crippen LogP contribution in [-0.4, -0.2) is 24.8 Å². The van der Waals surface area contributed by atoms with Gasteiger partial charge in [-0.3, -0.25) is 4.79 Å². The molecule has 4 bridgehead atoms. The summed E-state index contributed by atoms with van der Waals surface area (Å²) in [5.74, 6) is 3.48. The van der Waals surface area contributed by atoms with Crippen LogP contribution in [0, 0.1) is 35.0 Å². The molecule has 5 aliphatic rings. The van der Waals surface area contributed by atoms with Crippen molar-refractivity contribution in [2.24, 2.45) is 35.0 Å². The van der Waals surface area contributed by atoms with E-state index in [1.54, 1.807) is 0 Å². The largest absolute Gasteiger partial charge is 0.459 e. The standard InChI is InChI=1S/C22H36O3/c1-14-5-6-18(19(7-14)24-4)21(2,3)25-20(23)22-11-15-8-16(12-22)10-17(9-15)13-22/h14-19H,5-13H2,1-4H3. The molecule has 0 aliphatic heterocycles.